The molecule has 0 aromatic heterocycles. The van der Waals surface area contributed by atoms with Crippen molar-refractivity contribution in [2.24, 2.45) is 5.92 Å². The molecule has 1 aromatic carbocycles. The Morgan fingerprint density at radius 2 is 1.73 bits per heavy atom. The number of benzene rings is 1. The number of carbonyl (C=O) groups excluding carboxylic acids is 3. The highest BCUT2D eigenvalue weighted by Gasteiger charge is 2.38. The fourth-order valence-electron chi connectivity index (χ4n) is 3.23. The van der Waals surface area contributed by atoms with Crippen LogP contribution in [0.15, 0.2) is 24.3 Å². The summed E-state index contributed by atoms with van der Waals surface area (Å²) in [6.07, 6.45) is -2.45. The molecule has 3 atom stereocenters. The van der Waals surface area contributed by atoms with E-state index in [0.717, 1.165) is 25.0 Å². The predicted molar refractivity (Wildman–Crippen MR) is 106 cm³/mol. The summed E-state index contributed by atoms with van der Waals surface area (Å²) in [5.41, 5.74) is -0.289. The van der Waals surface area contributed by atoms with Crippen molar-refractivity contribution in [2.75, 3.05) is 14.1 Å². The van der Waals surface area contributed by atoms with E-state index < -0.39 is 29.7 Å². The van der Waals surface area contributed by atoms with E-state index in [1.54, 1.807) is 14.0 Å². The Morgan fingerprint density at radius 1 is 1.17 bits per heavy atom. The van der Waals surface area contributed by atoms with Crippen LogP contribution in [0.5, 0.6) is 0 Å². The molecule has 166 valence electrons. The number of Topliss-reactive ketones (excluding diaryl/α,β-unsaturated/α-hetero) is 1. The molecule has 1 fully saturated rings. The van der Waals surface area contributed by atoms with Gasteiger partial charge in [-0.3, -0.25) is 14.4 Å². The average molecular weight is 427 g/mol. The molecule has 1 aliphatic rings. The number of amides is 2. The maximum Gasteiger partial charge on any atom is 0.416 e. The van der Waals surface area contributed by atoms with Crippen LogP contribution >= 0.6 is 0 Å². The van der Waals surface area contributed by atoms with Gasteiger partial charge in [0.05, 0.1) is 17.6 Å². The Labute approximate surface area is 174 Å². The Morgan fingerprint density at radius 3 is 2.17 bits per heavy atom. The number of likely N-dealkylation sites (N-methyl/N-ethyl adjacent to an activating group) is 2. The van der Waals surface area contributed by atoms with E-state index in [2.05, 4.69) is 10.6 Å². The van der Waals surface area contributed by atoms with Gasteiger partial charge in [0, 0.05) is 7.05 Å². The largest absolute Gasteiger partial charge is 0.416 e. The monoisotopic (exact) mass is 427 g/mol. The normalized spacial score (nSPS) is 17.0. The van der Waals surface area contributed by atoms with Crippen LogP contribution in [0.2, 0.25) is 0 Å². The van der Waals surface area contributed by atoms with Crippen LogP contribution in [0.4, 0.5) is 13.2 Å². The summed E-state index contributed by atoms with van der Waals surface area (Å²) >= 11 is 0. The van der Waals surface area contributed by atoms with Gasteiger partial charge in [-0.05, 0) is 63.8 Å². The zero-order valence-corrected chi connectivity index (χ0v) is 17.5. The van der Waals surface area contributed by atoms with E-state index in [4.69, 9.17) is 0 Å². The minimum absolute atomic E-state index is 0.0603. The molecule has 0 radical (unpaired) electrons. The number of nitrogens with zero attached hydrogens (tertiary/aromatic N) is 1. The van der Waals surface area contributed by atoms with Crippen molar-refractivity contribution in [1.82, 2.24) is 15.5 Å². The lowest BCUT2D eigenvalue weighted by atomic mass is 10.0. The maximum absolute atomic E-state index is 12.7. The maximum atomic E-state index is 12.7. The van der Waals surface area contributed by atoms with Crippen LogP contribution in [0, 0.1) is 5.92 Å². The average Bonchev–Trinajstić information content (AvgIpc) is 3.51. The zero-order chi connectivity index (χ0) is 22.6. The van der Waals surface area contributed by atoms with Crippen LogP contribution in [-0.2, 0) is 27.0 Å². The molecule has 2 amide bonds. The number of rotatable bonds is 9. The first-order chi connectivity index (χ1) is 14.0. The lowest BCUT2D eigenvalue weighted by Gasteiger charge is -2.29. The van der Waals surface area contributed by atoms with E-state index >= 15 is 0 Å². The van der Waals surface area contributed by atoms with Crippen molar-refractivity contribution in [2.45, 2.75) is 57.4 Å². The Kier molecular flexibility index (Phi) is 7.63. The van der Waals surface area contributed by atoms with Crippen LogP contribution in [0.1, 0.15) is 37.8 Å². The highest BCUT2D eigenvalue weighted by atomic mass is 19.4. The van der Waals surface area contributed by atoms with Crippen LogP contribution in [-0.4, -0.2) is 54.7 Å². The Balaban J connectivity index is 2.02. The minimum Gasteiger partial charge on any atom is -0.344 e. The van der Waals surface area contributed by atoms with Crippen molar-refractivity contribution in [3.63, 3.8) is 0 Å². The molecule has 0 saturated heterocycles. The lowest BCUT2D eigenvalue weighted by Crippen LogP contribution is -2.54. The van der Waals surface area contributed by atoms with Gasteiger partial charge in [0.2, 0.25) is 11.8 Å². The van der Waals surface area contributed by atoms with Gasteiger partial charge in [0.15, 0.2) is 5.78 Å². The number of hydrogen-bond donors (Lipinski definition) is 2. The van der Waals surface area contributed by atoms with E-state index in [9.17, 15) is 27.6 Å². The lowest BCUT2D eigenvalue weighted by molar-refractivity contribution is -0.141. The summed E-state index contributed by atoms with van der Waals surface area (Å²) in [5, 5.41) is 5.61. The van der Waals surface area contributed by atoms with Gasteiger partial charge in [-0.1, -0.05) is 12.1 Å². The third-order valence-corrected chi connectivity index (χ3v) is 5.51. The molecule has 0 aliphatic heterocycles. The molecule has 2 N–H and O–H groups in total. The summed E-state index contributed by atoms with van der Waals surface area (Å²) in [6, 6.07) is 2.42. The second-order valence-electron chi connectivity index (χ2n) is 7.80. The molecule has 0 bridgehead atoms. The van der Waals surface area contributed by atoms with E-state index in [0.29, 0.717) is 5.56 Å². The zero-order valence-electron chi connectivity index (χ0n) is 17.5. The van der Waals surface area contributed by atoms with Crippen LogP contribution in [0.3, 0.4) is 0 Å². The van der Waals surface area contributed by atoms with Gasteiger partial charge >= 0.3 is 6.18 Å². The molecule has 30 heavy (non-hydrogen) atoms. The molecule has 0 spiro atoms. The molecule has 1 aromatic rings. The Hall–Kier alpha value is -2.42. The van der Waals surface area contributed by atoms with E-state index in [1.807, 2.05) is 0 Å². The number of carbonyl (C=O) groups is 3. The molecule has 2 rings (SSSR count). The first-order valence-corrected chi connectivity index (χ1v) is 9.86. The summed E-state index contributed by atoms with van der Waals surface area (Å²) in [6.45, 7) is 2.88. The molecule has 9 heteroatoms. The second kappa shape index (κ2) is 9.59. The highest BCUT2D eigenvalue weighted by molar-refractivity contribution is 5.93. The van der Waals surface area contributed by atoms with Crippen molar-refractivity contribution in [3.05, 3.63) is 35.4 Å². The fraction of sp³-hybridized carbons (Fsp3) is 0.571. The van der Waals surface area contributed by atoms with Gasteiger partial charge in [-0.15, -0.1) is 0 Å². The number of nitrogens with one attached hydrogen (secondary N) is 2. The highest BCUT2D eigenvalue weighted by Crippen LogP contribution is 2.33. The topological polar surface area (TPSA) is 78.5 Å². The van der Waals surface area contributed by atoms with Crippen molar-refractivity contribution < 1.29 is 27.6 Å². The van der Waals surface area contributed by atoms with Gasteiger partial charge < -0.3 is 15.5 Å². The summed E-state index contributed by atoms with van der Waals surface area (Å²) < 4.78 is 38.1. The number of ketones is 1. The Bertz CT molecular complexity index is 776. The fourth-order valence-corrected chi connectivity index (χ4v) is 3.23. The van der Waals surface area contributed by atoms with Crippen molar-refractivity contribution in [1.29, 1.82) is 0 Å². The van der Waals surface area contributed by atoms with Gasteiger partial charge in [0.1, 0.15) is 6.04 Å². The quantitative estimate of drug-likeness (QED) is 0.633. The number of hydrogen-bond acceptors (Lipinski definition) is 4. The van der Waals surface area contributed by atoms with Crippen LogP contribution in [0.25, 0.3) is 0 Å². The summed E-state index contributed by atoms with van der Waals surface area (Å²) in [7, 11) is 3.24. The summed E-state index contributed by atoms with van der Waals surface area (Å²) in [4.78, 5) is 38.7. The molecule has 6 nitrogen and oxygen atoms in total. The summed E-state index contributed by atoms with van der Waals surface area (Å²) in [5.74, 6) is -0.742. The number of alkyl halides is 3. The van der Waals surface area contributed by atoms with Crippen molar-refractivity contribution in [3.8, 4) is 0 Å². The van der Waals surface area contributed by atoms with Gasteiger partial charge in [-0.25, -0.2) is 0 Å². The standard InChI is InChI=1S/C21H28F3N3O3/c1-12(27(4)20(30)18(25-3)15-7-8-15)19(29)26-17(13(2)28)11-14-5-9-16(10-6-14)21(22,23)24/h5-6,9-10,12,15,17-18,25H,7-8,11H2,1-4H3,(H,26,29)/t12-,17-,18+/m1/s1. The molecule has 1 saturated carbocycles. The minimum atomic E-state index is -4.44. The smallest absolute Gasteiger partial charge is 0.344 e. The molecule has 1 aliphatic carbocycles. The predicted octanol–water partition coefficient (Wildman–Crippen LogP) is 2.17. The molecule has 0 unspecified atom stereocenters. The van der Waals surface area contributed by atoms with E-state index in [1.165, 1.54) is 31.0 Å². The number of halogens is 3. The van der Waals surface area contributed by atoms with E-state index in [-0.39, 0.29) is 30.1 Å². The molecular weight excluding hydrogens is 399 g/mol. The van der Waals surface area contributed by atoms with Crippen LogP contribution < -0.4 is 10.6 Å². The second-order valence-corrected chi connectivity index (χ2v) is 7.80. The third kappa shape index (κ3) is 6.04. The van der Waals surface area contributed by atoms with Gasteiger partial charge in [-0.2, -0.15) is 13.2 Å². The van der Waals surface area contributed by atoms with Gasteiger partial charge in [0.25, 0.3) is 0 Å². The SMILES string of the molecule is CN[C@H](C(=O)N(C)[C@H](C)C(=O)N[C@H](Cc1ccc(C(F)(F)F)cc1)C(C)=O)C1CC1. The first kappa shape index (κ1) is 23.9. The van der Waals surface area contributed by atoms with Crippen molar-refractivity contribution >= 4 is 17.6 Å². The first-order valence-electron chi connectivity index (χ1n) is 9.86. The molecule has 0 heterocycles. The molecular formula is C21H28F3N3O3. The third-order valence-electron chi connectivity index (χ3n) is 5.51.